The zero-order valence-electron chi connectivity index (χ0n) is 12.7. The molecule has 20 heavy (non-hydrogen) atoms. The van der Waals surface area contributed by atoms with E-state index in [4.69, 9.17) is 5.73 Å². The van der Waals surface area contributed by atoms with Crippen molar-refractivity contribution in [2.45, 2.75) is 37.1 Å². The summed E-state index contributed by atoms with van der Waals surface area (Å²) in [4.78, 5) is 0.282. The second kappa shape index (κ2) is 6.56. The molecular formula is C14H25N3O2S. The lowest BCUT2D eigenvalue weighted by atomic mass is 9.92. The van der Waals surface area contributed by atoms with Crippen LogP contribution in [0, 0.1) is 0 Å². The molecule has 0 amide bonds. The molecule has 0 heterocycles. The van der Waals surface area contributed by atoms with Crippen molar-refractivity contribution < 1.29 is 8.42 Å². The Balaban J connectivity index is 3.28. The average Bonchev–Trinajstić information content (AvgIpc) is 2.45. The van der Waals surface area contributed by atoms with E-state index in [1.807, 2.05) is 19.9 Å². The Morgan fingerprint density at radius 1 is 1.20 bits per heavy atom. The molecule has 0 bridgehead atoms. The van der Waals surface area contributed by atoms with Gasteiger partial charge in [0.2, 0.25) is 10.0 Å². The first-order valence-corrected chi connectivity index (χ1v) is 8.26. The summed E-state index contributed by atoms with van der Waals surface area (Å²) >= 11 is 0. The molecule has 0 fully saturated rings. The van der Waals surface area contributed by atoms with Gasteiger partial charge in [-0.3, -0.25) is 0 Å². The number of nitrogens with two attached hydrogens (primary N) is 1. The van der Waals surface area contributed by atoms with Crippen LogP contribution in [-0.2, 0) is 10.0 Å². The average molecular weight is 299 g/mol. The third-order valence-corrected chi connectivity index (χ3v) is 5.66. The first-order chi connectivity index (χ1) is 9.33. The van der Waals surface area contributed by atoms with Crippen molar-refractivity contribution in [3.63, 3.8) is 0 Å². The van der Waals surface area contributed by atoms with Crippen molar-refractivity contribution in [3.8, 4) is 0 Å². The van der Waals surface area contributed by atoms with Crippen molar-refractivity contribution in [3.05, 3.63) is 24.3 Å². The van der Waals surface area contributed by atoms with Crippen molar-refractivity contribution in [2.24, 2.45) is 5.73 Å². The zero-order chi connectivity index (χ0) is 15.4. The van der Waals surface area contributed by atoms with E-state index in [0.29, 0.717) is 12.2 Å². The summed E-state index contributed by atoms with van der Waals surface area (Å²) in [6.45, 7) is 4.55. The normalized spacial score (nSPS) is 12.7. The van der Waals surface area contributed by atoms with Gasteiger partial charge in [-0.05, 0) is 25.0 Å². The molecule has 114 valence electrons. The summed E-state index contributed by atoms with van der Waals surface area (Å²) in [5.41, 5.74) is 6.20. The zero-order valence-corrected chi connectivity index (χ0v) is 13.5. The SMILES string of the molecule is CCC(CC)(CN)Nc1ccccc1S(=O)(=O)N(C)C. The molecule has 0 radical (unpaired) electrons. The predicted octanol–water partition coefficient (Wildman–Crippen LogP) is 1.87. The Bertz CT molecular complexity index is 529. The van der Waals surface area contributed by atoms with E-state index in [0.717, 1.165) is 12.8 Å². The van der Waals surface area contributed by atoms with Crippen LogP contribution < -0.4 is 11.1 Å². The molecular weight excluding hydrogens is 274 g/mol. The minimum Gasteiger partial charge on any atom is -0.377 e. The Hall–Kier alpha value is -1.11. The van der Waals surface area contributed by atoms with Gasteiger partial charge in [0.1, 0.15) is 4.90 Å². The lowest BCUT2D eigenvalue weighted by Crippen LogP contribution is -2.44. The van der Waals surface area contributed by atoms with Gasteiger partial charge in [-0.1, -0.05) is 26.0 Å². The van der Waals surface area contributed by atoms with E-state index in [9.17, 15) is 8.42 Å². The molecule has 0 atom stereocenters. The van der Waals surface area contributed by atoms with Gasteiger partial charge in [-0.2, -0.15) is 0 Å². The quantitative estimate of drug-likeness (QED) is 0.806. The maximum Gasteiger partial charge on any atom is 0.244 e. The molecule has 1 aromatic rings. The van der Waals surface area contributed by atoms with E-state index >= 15 is 0 Å². The van der Waals surface area contributed by atoms with Gasteiger partial charge in [0.05, 0.1) is 5.69 Å². The molecule has 0 saturated carbocycles. The van der Waals surface area contributed by atoms with E-state index in [1.165, 1.54) is 18.4 Å². The van der Waals surface area contributed by atoms with Gasteiger partial charge in [-0.15, -0.1) is 0 Å². The molecule has 1 rings (SSSR count). The molecule has 0 aromatic heterocycles. The fourth-order valence-electron chi connectivity index (χ4n) is 2.04. The number of benzene rings is 1. The van der Waals surface area contributed by atoms with E-state index in [2.05, 4.69) is 5.32 Å². The fourth-order valence-corrected chi connectivity index (χ4v) is 3.08. The first kappa shape index (κ1) is 16.9. The highest BCUT2D eigenvalue weighted by molar-refractivity contribution is 7.89. The van der Waals surface area contributed by atoms with Crippen LogP contribution in [0.4, 0.5) is 5.69 Å². The molecule has 3 N–H and O–H groups in total. The molecule has 0 aliphatic heterocycles. The Morgan fingerprint density at radius 2 is 1.75 bits per heavy atom. The van der Waals surface area contributed by atoms with Crippen LogP contribution in [0.15, 0.2) is 29.2 Å². The molecule has 0 unspecified atom stereocenters. The number of anilines is 1. The van der Waals surface area contributed by atoms with Gasteiger partial charge >= 0.3 is 0 Å². The third kappa shape index (κ3) is 3.31. The van der Waals surface area contributed by atoms with Crippen LogP contribution in [0.5, 0.6) is 0 Å². The smallest absolute Gasteiger partial charge is 0.244 e. The largest absolute Gasteiger partial charge is 0.377 e. The monoisotopic (exact) mass is 299 g/mol. The number of sulfonamides is 1. The second-order valence-electron chi connectivity index (χ2n) is 5.10. The van der Waals surface area contributed by atoms with Crippen LogP contribution in [-0.4, -0.2) is 38.9 Å². The number of hydrogen-bond donors (Lipinski definition) is 2. The topological polar surface area (TPSA) is 75.4 Å². The standard InChI is InChI=1S/C14H25N3O2S/c1-5-14(6-2,11-15)16-12-9-7-8-10-13(12)20(18,19)17(3)4/h7-10,16H,5-6,11,15H2,1-4H3. The van der Waals surface area contributed by atoms with Crippen molar-refractivity contribution in [2.75, 3.05) is 26.0 Å². The van der Waals surface area contributed by atoms with Crippen molar-refractivity contribution in [1.29, 1.82) is 0 Å². The number of hydrogen-bond acceptors (Lipinski definition) is 4. The maximum atomic E-state index is 12.4. The van der Waals surface area contributed by atoms with Crippen LogP contribution in [0.2, 0.25) is 0 Å². The van der Waals surface area contributed by atoms with Crippen molar-refractivity contribution in [1.82, 2.24) is 4.31 Å². The Kier molecular flexibility index (Phi) is 5.56. The minimum atomic E-state index is -3.47. The number of rotatable bonds is 7. The summed E-state index contributed by atoms with van der Waals surface area (Å²) in [6.07, 6.45) is 1.66. The second-order valence-corrected chi connectivity index (χ2v) is 7.22. The molecule has 5 nitrogen and oxygen atoms in total. The van der Waals surface area contributed by atoms with E-state index in [1.54, 1.807) is 18.2 Å². The number of nitrogens with one attached hydrogen (secondary N) is 1. The summed E-state index contributed by atoms with van der Waals surface area (Å²) < 4.78 is 25.9. The molecule has 0 spiro atoms. The number of nitrogens with zero attached hydrogens (tertiary/aromatic N) is 1. The van der Waals surface area contributed by atoms with Gasteiger partial charge in [0, 0.05) is 26.2 Å². The fraction of sp³-hybridized carbons (Fsp3) is 0.571. The van der Waals surface area contributed by atoms with E-state index in [-0.39, 0.29) is 10.4 Å². The molecule has 0 aliphatic carbocycles. The summed E-state index contributed by atoms with van der Waals surface area (Å²) in [6, 6.07) is 6.95. The van der Waals surface area contributed by atoms with Crippen LogP contribution in [0.25, 0.3) is 0 Å². The molecule has 0 aliphatic rings. The Morgan fingerprint density at radius 3 is 2.20 bits per heavy atom. The molecule has 1 aromatic carbocycles. The van der Waals surface area contributed by atoms with E-state index < -0.39 is 10.0 Å². The summed E-state index contributed by atoms with van der Waals surface area (Å²) in [5.74, 6) is 0. The highest BCUT2D eigenvalue weighted by Crippen LogP contribution is 2.28. The lowest BCUT2D eigenvalue weighted by Gasteiger charge is -2.33. The highest BCUT2D eigenvalue weighted by Gasteiger charge is 2.28. The van der Waals surface area contributed by atoms with Crippen LogP contribution in [0.3, 0.4) is 0 Å². The number of para-hydroxylation sites is 1. The van der Waals surface area contributed by atoms with Gasteiger partial charge < -0.3 is 11.1 Å². The summed E-state index contributed by atoms with van der Waals surface area (Å²) in [5, 5.41) is 3.34. The van der Waals surface area contributed by atoms with Crippen LogP contribution in [0.1, 0.15) is 26.7 Å². The van der Waals surface area contributed by atoms with Crippen LogP contribution >= 0.6 is 0 Å². The van der Waals surface area contributed by atoms with Gasteiger partial charge in [-0.25, -0.2) is 12.7 Å². The molecule has 6 heteroatoms. The predicted molar refractivity (Wildman–Crippen MR) is 83.3 cm³/mol. The first-order valence-electron chi connectivity index (χ1n) is 6.82. The lowest BCUT2D eigenvalue weighted by molar-refractivity contribution is 0.444. The maximum absolute atomic E-state index is 12.4. The minimum absolute atomic E-state index is 0.280. The molecule has 0 saturated heterocycles. The van der Waals surface area contributed by atoms with Crippen molar-refractivity contribution >= 4 is 15.7 Å². The highest BCUT2D eigenvalue weighted by atomic mass is 32.2. The summed E-state index contributed by atoms with van der Waals surface area (Å²) in [7, 11) is -0.415. The van der Waals surface area contributed by atoms with Gasteiger partial charge in [0.25, 0.3) is 0 Å². The van der Waals surface area contributed by atoms with Gasteiger partial charge in [0.15, 0.2) is 0 Å². The third-order valence-electron chi connectivity index (χ3n) is 3.79. The Labute approximate surface area is 122 Å².